The molecule has 0 aliphatic carbocycles. The first-order valence-electron chi connectivity index (χ1n) is 9.79. The normalized spacial score (nSPS) is 16.3. The van der Waals surface area contributed by atoms with E-state index < -0.39 is 0 Å². The lowest BCUT2D eigenvalue weighted by molar-refractivity contribution is 0.169. The molecule has 7 heteroatoms. The lowest BCUT2D eigenvalue weighted by Gasteiger charge is -2.39. The van der Waals surface area contributed by atoms with Crippen LogP contribution in [-0.4, -0.2) is 51.3 Å². The van der Waals surface area contributed by atoms with Crippen LogP contribution >= 0.6 is 11.6 Å². The van der Waals surface area contributed by atoms with Crippen molar-refractivity contribution in [2.75, 3.05) is 31.1 Å². The number of anilines is 1. The number of halogens is 1. The number of hydrogen-bond donors (Lipinski definition) is 0. The molecule has 6 nitrogen and oxygen atoms in total. The Morgan fingerprint density at radius 3 is 2.50 bits per heavy atom. The Morgan fingerprint density at radius 2 is 1.79 bits per heavy atom. The van der Waals surface area contributed by atoms with Crippen LogP contribution in [0, 0.1) is 0 Å². The van der Waals surface area contributed by atoms with E-state index in [0.717, 1.165) is 43.4 Å². The first-order valence-corrected chi connectivity index (χ1v) is 10.2. The minimum Gasteiger partial charge on any atom is -0.369 e. The number of hydrogen-bond acceptors (Lipinski definition) is 5. The van der Waals surface area contributed by atoms with Gasteiger partial charge in [0.1, 0.15) is 0 Å². The molecule has 2 aromatic carbocycles. The maximum absolute atomic E-state index is 6.16. The summed E-state index contributed by atoms with van der Waals surface area (Å²) in [6.45, 7) is 6.79. The number of aromatic nitrogens is 4. The van der Waals surface area contributed by atoms with Gasteiger partial charge in [-0.3, -0.25) is 4.90 Å². The second-order valence-electron chi connectivity index (χ2n) is 7.11. The molecule has 4 rings (SSSR count). The summed E-state index contributed by atoms with van der Waals surface area (Å²) in [5.74, 6) is 0.947. The highest BCUT2D eigenvalue weighted by molar-refractivity contribution is 6.30. The van der Waals surface area contributed by atoms with Crippen LogP contribution < -0.4 is 4.90 Å². The molecule has 1 aromatic heterocycles. The van der Waals surface area contributed by atoms with Crippen molar-refractivity contribution >= 4 is 17.3 Å². The zero-order valence-electron chi connectivity index (χ0n) is 16.1. The number of piperazine rings is 1. The highest BCUT2D eigenvalue weighted by Gasteiger charge is 2.28. The van der Waals surface area contributed by atoms with Crippen LogP contribution in [0.1, 0.15) is 30.8 Å². The van der Waals surface area contributed by atoms with Crippen LogP contribution in [0.5, 0.6) is 0 Å². The third kappa shape index (κ3) is 4.18. The number of rotatable bonds is 6. The molecule has 1 saturated heterocycles. The van der Waals surface area contributed by atoms with E-state index in [4.69, 9.17) is 11.6 Å². The first kappa shape index (κ1) is 18.9. The Kier molecular flexibility index (Phi) is 5.88. The van der Waals surface area contributed by atoms with Gasteiger partial charge in [0, 0.05) is 36.9 Å². The molecule has 2 heterocycles. The predicted octanol–water partition coefficient (Wildman–Crippen LogP) is 3.65. The standard InChI is InChI=1S/C21H25ClN6/c1-2-20(21-23-24-25-28(21)16-17-7-4-3-5-8-17)27-13-11-26(12-14-27)19-10-6-9-18(22)15-19/h3-10,15,20H,2,11-14,16H2,1H3/t20-/m0/s1. The summed E-state index contributed by atoms with van der Waals surface area (Å²) >= 11 is 6.16. The molecular formula is C21H25ClN6. The van der Waals surface area contributed by atoms with Crippen molar-refractivity contribution in [1.82, 2.24) is 25.1 Å². The molecule has 28 heavy (non-hydrogen) atoms. The molecular weight excluding hydrogens is 372 g/mol. The molecule has 0 unspecified atom stereocenters. The lowest BCUT2D eigenvalue weighted by Crippen LogP contribution is -2.48. The molecule has 0 amide bonds. The Balaban J connectivity index is 1.45. The zero-order chi connectivity index (χ0) is 19.3. The number of tetrazole rings is 1. The smallest absolute Gasteiger partial charge is 0.168 e. The molecule has 0 bridgehead atoms. The quantitative estimate of drug-likeness (QED) is 0.636. The maximum Gasteiger partial charge on any atom is 0.168 e. The third-order valence-corrected chi connectivity index (χ3v) is 5.58. The first-order chi connectivity index (χ1) is 13.7. The van der Waals surface area contributed by atoms with Gasteiger partial charge < -0.3 is 4.90 Å². The van der Waals surface area contributed by atoms with Gasteiger partial charge in [-0.1, -0.05) is 54.9 Å². The van der Waals surface area contributed by atoms with Gasteiger partial charge in [-0.25, -0.2) is 4.68 Å². The fourth-order valence-electron chi connectivity index (χ4n) is 3.89. The van der Waals surface area contributed by atoms with Crippen molar-refractivity contribution in [1.29, 1.82) is 0 Å². The van der Waals surface area contributed by atoms with Crippen molar-refractivity contribution in [2.45, 2.75) is 25.9 Å². The fraction of sp³-hybridized carbons (Fsp3) is 0.381. The van der Waals surface area contributed by atoms with Crippen LogP contribution in [0.2, 0.25) is 5.02 Å². The van der Waals surface area contributed by atoms with Gasteiger partial charge in [-0.15, -0.1) is 5.10 Å². The average molecular weight is 397 g/mol. The molecule has 3 aromatic rings. The SMILES string of the molecule is CC[C@@H](c1nnnn1Cc1ccccc1)N1CCN(c2cccc(Cl)c2)CC1. The van der Waals surface area contributed by atoms with Gasteiger partial charge in [0.15, 0.2) is 5.82 Å². The van der Waals surface area contributed by atoms with Gasteiger partial charge in [0.05, 0.1) is 12.6 Å². The van der Waals surface area contributed by atoms with E-state index in [9.17, 15) is 0 Å². The Labute approximate surface area is 170 Å². The molecule has 1 aliphatic heterocycles. The van der Waals surface area contributed by atoms with Crippen molar-refractivity contribution in [3.63, 3.8) is 0 Å². The van der Waals surface area contributed by atoms with E-state index in [1.807, 2.05) is 41.1 Å². The second-order valence-corrected chi connectivity index (χ2v) is 7.54. The molecule has 1 fully saturated rings. The van der Waals surface area contributed by atoms with E-state index in [2.05, 4.69) is 50.4 Å². The molecule has 0 spiro atoms. The monoisotopic (exact) mass is 396 g/mol. The maximum atomic E-state index is 6.16. The van der Waals surface area contributed by atoms with Gasteiger partial charge in [0.25, 0.3) is 0 Å². The Hall–Kier alpha value is -2.44. The molecule has 0 N–H and O–H groups in total. The molecule has 1 atom stereocenters. The zero-order valence-corrected chi connectivity index (χ0v) is 16.8. The topological polar surface area (TPSA) is 50.1 Å². The highest BCUT2D eigenvalue weighted by Crippen LogP contribution is 2.26. The van der Waals surface area contributed by atoms with E-state index in [-0.39, 0.29) is 6.04 Å². The summed E-state index contributed by atoms with van der Waals surface area (Å²) in [6, 6.07) is 18.6. The molecule has 1 aliphatic rings. The van der Waals surface area contributed by atoms with Gasteiger partial charge in [-0.05, 0) is 40.6 Å². The van der Waals surface area contributed by atoms with Crippen LogP contribution in [0.25, 0.3) is 0 Å². The van der Waals surface area contributed by atoms with Crippen molar-refractivity contribution < 1.29 is 0 Å². The van der Waals surface area contributed by atoms with Crippen LogP contribution in [0.4, 0.5) is 5.69 Å². The van der Waals surface area contributed by atoms with Gasteiger partial charge >= 0.3 is 0 Å². The third-order valence-electron chi connectivity index (χ3n) is 5.35. The summed E-state index contributed by atoms with van der Waals surface area (Å²) in [5, 5.41) is 13.4. The predicted molar refractivity (Wildman–Crippen MR) is 112 cm³/mol. The summed E-state index contributed by atoms with van der Waals surface area (Å²) in [6.07, 6.45) is 0.979. The minimum atomic E-state index is 0.222. The van der Waals surface area contributed by atoms with E-state index in [1.54, 1.807) is 0 Å². The summed E-state index contributed by atoms with van der Waals surface area (Å²) in [4.78, 5) is 4.89. The fourth-order valence-corrected chi connectivity index (χ4v) is 4.07. The Bertz CT molecular complexity index is 889. The van der Waals surface area contributed by atoms with Crippen molar-refractivity contribution in [3.8, 4) is 0 Å². The van der Waals surface area contributed by atoms with E-state index in [1.165, 1.54) is 11.3 Å². The highest BCUT2D eigenvalue weighted by atomic mass is 35.5. The minimum absolute atomic E-state index is 0.222. The largest absolute Gasteiger partial charge is 0.369 e. The van der Waals surface area contributed by atoms with Gasteiger partial charge in [-0.2, -0.15) is 0 Å². The summed E-state index contributed by atoms with van der Waals surface area (Å²) in [7, 11) is 0. The lowest BCUT2D eigenvalue weighted by atomic mass is 10.1. The van der Waals surface area contributed by atoms with E-state index >= 15 is 0 Å². The summed E-state index contributed by atoms with van der Waals surface area (Å²) in [5.41, 5.74) is 2.39. The van der Waals surface area contributed by atoms with E-state index in [0.29, 0.717) is 6.54 Å². The van der Waals surface area contributed by atoms with Crippen molar-refractivity contribution in [3.05, 3.63) is 71.0 Å². The Morgan fingerprint density at radius 1 is 1.00 bits per heavy atom. The van der Waals surface area contributed by atoms with Crippen LogP contribution in [-0.2, 0) is 6.54 Å². The van der Waals surface area contributed by atoms with Crippen LogP contribution in [0.3, 0.4) is 0 Å². The molecule has 146 valence electrons. The number of benzene rings is 2. The molecule has 0 saturated carbocycles. The average Bonchev–Trinajstić information content (AvgIpc) is 3.18. The molecule has 0 radical (unpaired) electrons. The van der Waals surface area contributed by atoms with Gasteiger partial charge in [0.2, 0.25) is 0 Å². The number of nitrogens with zero attached hydrogens (tertiary/aromatic N) is 6. The van der Waals surface area contributed by atoms with Crippen LogP contribution in [0.15, 0.2) is 54.6 Å². The second kappa shape index (κ2) is 8.71. The summed E-state index contributed by atoms with van der Waals surface area (Å²) < 4.78 is 1.94. The van der Waals surface area contributed by atoms with Crippen molar-refractivity contribution in [2.24, 2.45) is 0 Å².